The molecule has 0 aliphatic rings. The summed E-state index contributed by atoms with van der Waals surface area (Å²) in [6.07, 6.45) is -0.564. The molecular formula is C18H27N9O3S. The van der Waals surface area contributed by atoms with E-state index in [0.717, 1.165) is 11.4 Å². The predicted octanol–water partition coefficient (Wildman–Crippen LogP) is 2.23. The summed E-state index contributed by atoms with van der Waals surface area (Å²) in [5.41, 5.74) is 0.264. The topological polar surface area (TPSA) is 152 Å². The third-order valence-electron chi connectivity index (χ3n) is 4.01. The minimum atomic E-state index is -0.884. The van der Waals surface area contributed by atoms with Gasteiger partial charge >= 0.3 is 6.09 Å². The van der Waals surface area contributed by atoms with Crippen LogP contribution in [-0.2, 0) is 16.0 Å². The van der Waals surface area contributed by atoms with Crippen molar-refractivity contribution < 1.29 is 14.1 Å². The van der Waals surface area contributed by atoms with Crippen LogP contribution in [-0.4, -0.2) is 46.5 Å². The van der Waals surface area contributed by atoms with Gasteiger partial charge in [-0.25, -0.2) is 14.2 Å². The molecule has 0 spiro atoms. The lowest BCUT2D eigenvalue weighted by Gasteiger charge is -2.26. The van der Waals surface area contributed by atoms with Crippen molar-refractivity contribution in [3.05, 3.63) is 29.2 Å². The summed E-state index contributed by atoms with van der Waals surface area (Å²) in [5, 5.41) is 19.8. The number of aromatic nitrogens is 7. The van der Waals surface area contributed by atoms with Crippen molar-refractivity contribution >= 4 is 17.9 Å². The van der Waals surface area contributed by atoms with Gasteiger partial charge in [-0.2, -0.15) is 10.1 Å². The van der Waals surface area contributed by atoms with Crippen LogP contribution in [0.2, 0.25) is 0 Å². The van der Waals surface area contributed by atoms with Crippen molar-refractivity contribution in [2.45, 2.75) is 70.5 Å². The summed E-state index contributed by atoms with van der Waals surface area (Å²) in [6, 6.07) is 1.93. The first-order valence-corrected chi connectivity index (χ1v) is 10.6. The van der Waals surface area contributed by atoms with Crippen LogP contribution in [0.15, 0.2) is 15.7 Å². The van der Waals surface area contributed by atoms with Crippen molar-refractivity contribution in [3.8, 4) is 5.95 Å². The van der Waals surface area contributed by atoms with E-state index in [2.05, 4.69) is 30.8 Å². The van der Waals surface area contributed by atoms with Gasteiger partial charge in [0.25, 0.3) is 5.95 Å². The highest BCUT2D eigenvalue weighted by Crippen LogP contribution is 2.23. The lowest BCUT2D eigenvalue weighted by Crippen LogP contribution is -2.44. The summed E-state index contributed by atoms with van der Waals surface area (Å²) < 4.78 is 13.6. The second kappa shape index (κ2) is 8.21. The number of carbonyl (C=O) groups is 1. The molecule has 1 amide bonds. The van der Waals surface area contributed by atoms with E-state index in [9.17, 15) is 4.79 Å². The summed E-state index contributed by atoms with van der Waals surface area (Å²) in [7, 11) is 0. The van der Waals surface area contributed by atoms with Crippen molar-refractivity contribution in [3.63, 3.8) is 0 Å². The van der Waals surface area contributed by atoms with Crippen molar-refractivity contribution in [2.75, 3.05) is 5.84 Å². The number of thioether (sulfide) groups is 1. The van der Waals surface area contributed by atoms with Crippen LogP contribution in [0.25, 0.3) is 5.95 Å². The number of alkyl carbamates (subject to hydrolysis) is 1. The van der Waals surface area contributed by atoms with E-state index < -0.39 is 17.2 Å². The molecule has 168 valence electrons. The molecule has 13 heteroatoms. The minimum Gasteiger partial charge on any atom is -0.444 e. The Morgan fingerprint density at radius 3 is 2.58 bits per heavy atom. The van der Waals surface area contributed by atoms with Crippen molar-refractivity contribution in [2.24, 2.45) is 0 Å². The standard InChI is InChI=1S/C18H27N9O3S/c1-10-8-11(2)27(24-10)14-22-23-15(26(14)19)31-9-12-20-13(25-30-12)18(6,7)21-16(28)29-17(3,4)5/h8H,9,19H2,1-7H3,(H,21,28). The maximum absolute atomic E-state index is 12.1. The zero-order valence-electron chi connectivity index (χ0n) is 18.6. The molecule has 0 aliphatic heterocycles. The fourth-order valence-electron chi connectivity index (χ4n) is 2.65. The van der Waals surface area contributed by atoms with E-state index in [4.69, 9.17) is 15.1 Å². The Kier molecular flexibility index (Phi) is 5.98. The molecule has 3 N–H and O–H groups in total. The predicted molar refractivity (Wildman–Crippen MR) is 113 cm³/mol. The molecule has 0 aliphatic carbocycles. The molecular weight excluding hydrogens is 422 g/mol. The maximum atomic E-state index is 12.1. The van der Waals surface area contributed by atoms with Gasteiger partial charge in [-0.1, -0.05) is 16.9 Å². The van der Waals surface area contributed by atoms with E-state index in [1.807, 2.05) is 19.9 Å². The molecule has 0 aromatic carbocycles. The quantitative estimate of drug-likeness (QED) is 0.423. The maximum Gasteiger partial charge on any atom is 0.408 e. The Morgan fingerprint density at radius 1 is 1.26 bits per heavy atom. The lowest BCUT2D eigenvalue weighted by molar-refractivity contribution is 0.0465. The highest BCUT2D eigenvalue weighted by Gasteiger charge is 2.31. The van der Waals surface area contributed by atoms with Crippen LogP contribution >= 0.6 is 11.8 Å². The number of nitrogen functional groups attached to an aromatic ring is 1. The van der Waals surface area contributed by atoms with Crippen LogP contribution in [0.5, 0.6) is 0 Å². The summed E-state index contributed by atoms with van der Waals surface area (Å²) in [6.45, 7) is 12.7. The Hall–Kier alpha value is -3.09. The number of nitrogens with zero attached hydrogens (tertiary/aromatic N) is 7. The van der Waals surface area contributed by atoms with Gasteiger partial charge in [0.1, 0.15) is 11.1 Å². The van der Waals surface area contributed by atoms with E-state index in [0.29, 0.717) is 28.6 Å². The summed E-state index contributed by atoms with van der Waals surface area (Å²) in [4.78, 5) is 16.5. The highest BCUT2D eigenvalue weighted by molar-refractivity contribution is 7.98. The number of hydrogen-bond donors (Lipinski definition) is 2. The molecule has 0 fully saturated rings. The van der Waals surface area contributed by atoms with Gasteiger partial charge in [0.05, 0.1) is 11.4 Å². The Bertz CT molecular complexity index is 1080. The molecule has 3 aromatic heterocycles. The summed E-state index contributed by atoms with van der Waals surface area (Å²) >= 11 is 1.29. The molecule has 0 saturated carbocycles. The Balaban J connectivity index is 1.65. The number of amides is 1. The number of aryl methyl sites for hydroxylation is 2. The largest absolute Gasteiger partial charge is 0.444 e. The SMILES string of the molecule is Cc1cc(C)n(-c2nnc(SCc3nc(C(C)(C)NC(=O)OC(C)(C)C)no3)n2N)n1. The number of nitrogens with one attached hydrogen (secondary N) is 1. The van der Waals surface area contributed by atoms with Gasteiger partial charge in [-0.05, 0) is 54.5 Å². The number of hydrogen-bond acceptors (Lipinski definition) is 10. The third-order valence-corrected chi connectivity index (χ3v) is 4.94. The zero-order chi connectivity index (χ0) is 23.0. The molecule has 3 rings (SSSR count). The van der Waals surface area contributed by atoms with E-state index in [1.54, 1.807) is 39.3 Å². The fraction of sp³-hybridized carbons (Fsp3) is 0.556. The number of rotatable bonds is 6. The van der Waals surface area contributed by atoms with E-state index >= 15 is 0 Å². The Morgan fingerprint density at radius 2 is 1.97 bits per heavy atom. The van der Waals surface area contributed by atoms with Gasteiger partial charge in [0.2, 0.25) is 11.0 Å². The van der Waals surface area contributed by atoms with Gasteiger partial charge in [0.15, 0.2) is 5.82 Å². The van der Waals surface area contributed by atoms with E-state index in [-0.39, 0.29) is 0 Å². The second-order valence-corrected chi connectivity index (χ2v) is 9.49. The number of carbonyl (C=O) groups excluding carboxylic acids is 1. The van der Waals surface area contributed by atoms with Gasteiger partial charge in [-0.3, -0.25) is 0 Å². The van der Waals surface area contributed by atoms with Crippen LogP contribution in [0.4, 0.5) is 4.79 Å². The monoisotopic (exact) mass is 449 g/mol. The van der Waals surface area contributed by atoms with E-state index in [1.165, 1.54) is 16.4 Å². The van der Waals surface area contributed by atoms with Crippen LogP contribution in [0.3, 0.4) is 0 Å². The van der Waals surface area contributed by atoms with Gasteiger partial charge < -0.3 is 20.4 Å². The molecule has 0 unspecified atom stereocenters. The molecule has 12 nitrogen and oxygen atoms in total. The van der Waals surface area contributed by atoms with Crippen LogP contribution in [0.1, 0.15) is 57.7 Å². The summed E-state index contributed by atoms with van der Waals surface area (Å²) in [5.74, 6) is 7.55. The molecule has 0 radical (unpaired) electrons. The van der Waals surface area contributed by atoms with Gasteiger partial charge in [0, 0.05) is 5.69 Å². The van der Waals surface area contributed by atoms with Gasteiger partial charge in [-0.15, -0.1) is 10.2 Å². The van der Waals surface area contributed by atoms with Crippen LogP contribution < -0.4 is 11.2 Å². The molecule has 3 heterocycles. The van der Waals surface area contributed by atoms with Crippen molar-refractivity contribution in [1.29, 1.82) is 0 Å². The zero-order valence-corrected chi connectivity index (χ0v) is 19.4. The number of nitrogens with two attached hydrogens (primary N) is 1. The number of ether oxygens (including phenoxy) is 1. The minimum absolute atomic E-state index is 0.321. The van der Waals surface area contributed by atoms with Crippen LogP contribution in [0, 0.1) is 13.8 Å². The molecule has 31 heavy (non-hydrogen) atoms. The fourth-order valence-corrected chi connectivity index (χ4v) is 3.34. The second-order valence-electron chi connectivity index (χ2n) is 8.54. The highest BCUT2D eigenvalue weighted by atomic mass is 32.2. The van der Waals surface area contributed by atoms with Crippen molar-refractivity contribution in [1.82, 2.24) is 40.1 Å². The molecule has 0 bridgehead atoms. The third kappa shape index (κ3) is 5.34. The molecule has 0 atom stereocenters. The first-order chi connectivity index (χ1) is 14.4. The average molecular weight is 450 g/mol. The Labute approximate surface area is 183 Å². The smallest absolute Gasteiger partial charge is 0.408 e. The first kappa shape index (κ1) is 22.6. The lowest BCUT2D eigenvalue weighted by atomic mass is 10.1. The average Bonchev–Trinajstić information content (AvgIpc) is 3.30. The molecule has 0 saturated heterocycles. The first-order valence-electron chi connectivity index (χ1n) is 9.57. The normalized spacial score (nSPS) is 12.2. The molecule has 3 aromatic rings.